The van der Waals surface area contributed by atoms with E-state index in [9.17, 15) is 0 Å². The Morgan fingerprint density at radius 2 is 1.56 bits per heavy atom. The molecule has 0 bridgehead atoms. The molecule has 134 valence electrons. The quantitative estimate of drug-likeness (QED) is 0.351. The fraction of sp³-hybridized carbons (Fsp3) is 0.231. The number of unbranched alkanes of at least 4 members (excludes halogenated alkanes) is 1. The van der Waals surface area contributed by atoms with Gasteiger partial charge >= 0.3 is 146 Å². The van der Waals surface area contributed by atoms with Crippen molar-refractivity contribution < 1.29 is 19.2 Å². The standard InChI is InChI=1S/C13H9.C9H7.C4H10.Ti/c1-3-7-12-10(5-1)9-11-6-2-4-8-13(11)12;1-2-5-9-7-3-6-8(9)4-1;1-3-4-2;/h1-5,7-8H,9H2;1-7H;3-4H2,1-2H3;. The minimum atomic E-state index is -0.220. The molecule has 0 nitrogen and oxygen atoms in total. The summed E-state index contributed by atoms with van der Waals surface area (Å²) in [6, 6.07) is 24.7. The van der Waals surface area contributed by atoms with Crippen molar-refractivity contribution in [2.24, 2.45) is 0 Å². The number of fused-ring (bicyclic) bond motifs is 4. The van der Waals surface area contributed by atoms with Crippen LogP contribution in [0.5, 0.6) is 0 Å². The van der Waals surface area contributed by atoms with Gasteiger partial charge in [0.25, 0.3) is 0 Å². The summed E-state index contributed by atoms with van der Waals surface area (Å²) in [7, 11) is 0. The van der Waals surface area contributed by atoms with Crippen LogP contribution in [0.3, 0.4) is 0 Å². The molecular formula is C26H26Ti. The summed E-state index contributed by atoms with van der Waals surface area (Å²) < 4.78 is 2.27. The Morgan fingerprint density at radius 3 is 2.41 bits per heavy atom. The topological polar surface area (TPSA) is 0 Å². The molecule has 0 radical (unpaired) electrons. The zero-order valence-electron chi connectivity index (χ0n) is 16.2. The molecule has 1 heteroatoms. The zero-order chi connectivity index (χ0) is 18.6. The number of benzene rings is 3. The second-order valence-corrected chi connectivity index (χ2v) is 9.54. The van der Waals surface area contributed by atoms with E-state index in [1.165, 1.54) is 40.7 Å². The third-order valence-electron chi connectivity index (χ3n) is 5.46. The van der Waals surface area contributed by atoms with Gasteiger partial charge in [0.2, 0.25) is 0 Å². The SMILES string of the molecule is C1=C[CH]([Ti][c]2cccc3c2Cc2ccccc2-3)c2ccccc21.CCCC. The van der Waals surface area contributed by atoms with E-state index in [0.717, 1.165) is 6.42 Å². The first-order valence-electron chi connectivity index (χ1n) is 10.1. The molecule has 0 heterocycles. The Balaban J connectivity index is 0.000000413. The van der Waals surface area contributed by atoms with Gasteiger partial charge in [-0.1, -0.05) is 26.7 Å². The smallest absolute Gasteiger partial charge is 0.0564 e. The molecule has 3 aromatic rings. The van der Waals surface area contributed by atoms with Crippen LogP contribution < -0.4 is 3.87 Å². The van der Waals surface area contributed by atoms with Crippen molar-refractivity contribution in [1.82, 2.24) is 0 Å². The van der Waals surface area contributed by atoms with Crippen LogP contribution in [-0.4, -0.2) is 0 Å². The molecule has 5 rings (SSSR count). The van der Waals surface area contributed by atoms with Crippen molar-refractivity contribution in [1.29, 1.82) is 0 Å². The molecule has 0 saturated carbocycles. The summed E-state index contributed by atoms with van der Waals surface area (Å²) in [5.74, 6) is 0. The molecule has 0 aliphatic heterocycles. The summed E-state index contributed by atoms with van der Waals surface area (Å²) in [6.07, 6.45) is 8.48. The molecular weight excluding hydrogens is 360 g/mol. The zero-order valence-corrected chi connectivity index (χ0v) is 17.8. The van der Waals surface area contributed by atoms with E-state index in [0.29, 0.717) is 4.22 Å². The van der Waals surface area contributed by atoms with Crippen molar-refractivity contribution in [3.8, 4) is 11.1 Å². The van der Waals surface area contributed by atoms with Crippen LogP contribution in [0.15, 0.2) is 72.8 Å². The average molecular weight is 386 g/mol. The third kappa shape index (κ3) is 3.75. The summed E-state index contributed by atoms with van der Waals surface area (Å²) >= 11 is -0.220. The number of rotatable bonds is 3. The minimum absolute atomic E-state index is 0.220. The predicted molar refractivity (Wildman–Crippen MR) is 113 cm³/mol. The van der Waals surface area contributed by atoms with Gasteiger partial charge < -0.3 is 0 Å². The number of hydrogen-bond donors (Lipinski definition) is 0. The maximum atomic E-state index is 2.42. The molecule has 0 N–H and O–H groups in total. The summed E-state index contributed by atoms with van der Waals surface area (Å²) in [5.41, 5.74) is 8.93. The average Bonchev–Trinajstić information content (AvgIpc) is 3.31. The maximum Gasteiger partial charge on any atom is -0.0564 e. The first-order valence-corrected chi connectivity index (χ1v) is 11.7. The summed E-state index contributed by atoms with van der Waals surface area (Å²) in [5, 5.41) is 0. The molecule has 27 heavy (non-hydrogen) atoms. The van der Waals surface area contributed by atoms with Crippen molar-refractivity contribution in [3.63, 3.8) is 0 Å². The van der Waals surface area contributed by atoms with E-state index >= 15 is 0 Å². The van der Waals surface area contributed by atoms with Crippen LogP contribution in [0, 0.1) is 0 Å². The Kier molecular flexibility index (Phi) is 5.76. The first-order chi connectivity index (χ1) is 13.3. The van der Waals surface area contributed by atoms with Crippen molar-refractivity contribution in [2.45, 2.75) is 37.3 Å². The third-order valence-corrected chi connectivity index (χ3v) is 7.95. The molecule has 3 aromatic carbocycles. The van der Waals surface area contributed by atoms with E-state index in [2.05, 4.69) is 92.7 Å². The van der Waals surface area contributed by atoms with Gasteiger partial charge in [-0.2, -0.15) is 0 Å². The van der Waals surface area contributed by atoms with Gasteiger partial charge in [-0.05, 0) is 0 Å². The van der Waals surface area contributed by atoms with Crippen LogP contribution in [-0.2, 0) is 25.6 Å². The Morgan fingerprint density at radius 1 is 0.815 bits per heavy atom. The van der Waals surface area contributed by atoms with Gasteiger partial charge in [0.05, 0.1) is 0 Å². The molecule has 0 amide bonds. The Bertz CT molecular complexity index is 965. The number of hydrogen-bond acceptors (Lipinski definition) is 0. The fourth-order valence-corrected chi connectivity index (χ4v) is 6.23. The van der Waals surface area contributed by atoms with Crippen molar-refractivity contribution in [3.05, 3.63) is 95.1 Å². The van der Waals surface area contributed by atoms with Crippen molar-refractivity contribution >= 4 is 9.94 Å². The largest absolute Gasteiger partial charge is 0.0654 e. The van der Waals surface area contributed by atoms with Crippen LogP contribution in [0.25, 0.3) is 17.2 Å². The van der Waals surface area contributed by atoms with Gasteiger partial charge in [0.15, 0.2) is 0 Å². The van der Waals surface area contributed by atoms with Gasteiger partial charge in [0.1, 0.15) is 0 Å². The molecule has 1 unspecified atom stereocenters. The predicted octanol–water partition coefficient (Wildman–Crippen LogP) is 6.54. The van der Waals surface area contributed by atoms with E-state index < -0.39 is 0 Å². The molecule has 0 spiro atoms. The molecule has 2 aliphatic rings. The molecule has 0 fully saturated rings. The molecule has 0 aromatic heterocycles. The van der Waals surface area contributed by atoms with Gasteiger partial charge in [-0.25, -0.2) is 0 Å². The van der Waals surface area contributed by atoms with E-state index in [4.69, 9.17) is 0 Å². The molecule has 2 aliphatic carbocycles. The number of allylic oxidation sites excluding steroid dienone is 1. The molecule has 1 atom stereocenters. The van der Waals surface area contributed by atoms with E-state index in [1.807, 2.05) is 0 Å². The van der Waals surface area contributed by atoms with Crippen LogP contribution in [0.1, 0.15) is 53.2 Å². The van der Waals surface area contributed by atoms with Crippen LogP contribution in [0.2, 0.25) is 0 Å². The summed E-state index contributed by atoms with van der Waals surface area (Å²) in [4.78, 5) is 0. The fourth-order valence-electron chi connectivity index (χ4n) is 3.84. The van der Waals surface area contributed by atoms with E-state index in [1.54, 1.807) is 9.43 Å². The maximum absolute atomic E-state index is 2.42. The summed E-state index contributed by atoms with van der Waals surface area (Å²) in [6.45, 7) is 4.36. The van der Waals surface area contributed by atoms with Gasteiger partial charge in [-0.3, -0.25) is 0 Å². The molecule has 0 saturated heterocycles. The second kappa shape index (κ2) is 8.42. The van der Waals surface area contributed by atoms with E-state index in [-0.39, 0.29) is 19.2 Å². The first kappa shape index (κ1) is 18.5. The van der Waals surface area contributed by atoms with Gasteiger partial charge in [0, 0.05) is 0 Å². The van der Waals surface area contributed by atoms with Crippen LogP contribution >= 0.6 is 0 Å². The Labute approximate surface area is 172 Å². The minimum Gasteiger partial charge on any atom is -0.0654 e. The van der Waals surface area contributed by atoms with Crippen molar-refractivity contribution in [2.75, 3.05) is 0 Å². The second-order valence-electron chi connectivity index (χ2n) is 7.28. The normalized spacial score (nSPS) is 15.4. The Hall–Kier alpha value is -1.89. The monoisotopic (exact) mass is 386 g/mol. The van der Waals surface area contributed by atoms with Crippen LogP contribution in [0.4, 0.5) is 0 Å². The van der Waals surface area contributed by atoms with Gasteiger partial charge in [-0.15, -0.1) is 0 Å².